The van der Waals surface area contributed by atoms with Crippen molar-refractivity contribution in [3.05, 3.63) is 35.9 Å². The van der Waals surface area contributed by atoms with E-state index in [9.17, 15) is 14.7 Å². The minimum atomic E-state index is -1.55. The highest BCUT2D eigenvalue weighted by Gasteiger charge is 2.77. The molecule has 2 N–H and O–H groups in total. The highest BCUT2D eigenvalue weighted by atomic mass is 16.6. The molecule has 1 spiro atoms. The Labute approximate surface area is 226 Å². The number of likely N-dealkylation sites (N-methyl/N-ethyl adjacent to an activating group) is 1. The second kappa shape index (κ2) is 8.98. The van der Waals surface area contributed by atoms with E-state index in [-0.39, 0.29) is 23.9 Å². The highest BCUT2D eigenvalue weighted by molar-refractivity contribution is 5.77. The van der Waals surface area contributed by atoms with Crippen molar-refractivity contribution in [2.24, 2.45) is 10.8 Å². The van der Waals surface area contributed by atoms with Crippen LogP contribution < -0.4 is 15.0 Å². The van der Waals surface area contributed by atoms with Crippen LogP contribution in [0, 0.1) is 10.8 Å². The Hall–Kier alpha value is -2.58. The maximum absolute atomic E-state index is 13.1. The SMILES string of the molecule is CC[C@]12C=CCN3CC[C@@]4(c5ccc(OC)cc5N(C)[C@H]4C(O)(CNC(=O)CC(C)(C)C)[C@@H]1OC(C)=O)[C@@H]32. The van der Waals surface area contributed by atoms with Crippen LogP contribution in [0.15, 0.2) is 30.4 Å². The van der Waals surface area contributed by atoms with Gasteiger partial charge in [-0.2, -0.15) is 0 Å². The number of fused-ring (bicyclic) bond motifs is 1. The fourth-order valence-electron chi connectivity index (χ4n) is 8.43. The zero-order valence-electron chi connectivity index (χ0n) is 23.8. The number of ether oxygens (including phenoxy) is 2. The van der Waals surface area contributed by atoms with E-state index in [4.69, 9.17) is 9.47 Å². The highest BCUT2D eigenvalue weighted by Crippen LogP contribution is 2.67. The lowest BCUT2D eigenvalue weighted by atomic mass is 9.47. The second-order valence-corrected chi connectivity index (χ2v) is 12.9. The number of anilines is 1. The number of rotatable bonds is 6. The molecule has 0 bridgehead atoms. The molecule has 5 rings (SSSR count). The molecule has 1 unspecified atom stereocenters. The molecular formula is C30H43N3O5. The Morgan fingerprint density at radius 2 is 1.97 bits per heavy atom. The van der Waals surface area contributed by atoms with Gasteiger partial charge in [0.1, 0.15) is 17.5 Å². The van der Waals surface area contributed by atoms with E-state index < -0.39 is 34.5 Å². The average Bonchev–Trinajstić information content (AvgIpc) is 3.36. The van der Waals surface area contributed by atoms with Crippen molar-refractivity contribution in [1.29, 1.82) is 0 Å². The number of hydrogen-bond acceptors (Lipinski definition) is 7. The summed E-state index contributed by atoms with van der Waals surface area (Å²) in [5.41, 5.74) is -0.587. The van der Waals surface area contributed by atoms with Gasteiger partial charge in [0.05, 0.1) is 19.7 Å². The first-order valence-electron chi connectivity index (χ1n) is 13.8. The summed E-state index contributed by atoms with van der Waals surface area (Å²) in [6.45, 7) is 11.3. The lowest BCUT2D eigenvalue weighted by Gasteiger charge is -2.64. The third-order valence-corrected chi connectivity index (χ3v) is 9.48. The molecule has 1 saturated heterocycles. The molecule has 0 aromatic heterocycles. The Bertz CT molecular complexity index is 1160. The van der Waals surface area contributed by atoms with Gasteiger partial charge in [-0.3, -0.25) is 14.5 Å². The lowest BCUT2D eigenvalue weighted by molar-refractivity contribution is -0.217. The fraction of sp³-hybridized carbons (Fsp3) is 0.667. The van der Waals surface area contributed by atoms with Crippen LogP contribution in [0.1, 0.15) is 59.4 Å². The number of carbonyl (C=O) groups excluding carboxylic acids is 2. The van der Waals surface area contributed by atoms with Gasteiger partial charge in [-0.25, -0.2) is 0 Å². The number of hydrogen-bond donors (Lipinski definition) is 2. The number of benzene rings is 1. The summed E-state index contributed by atoms with van der Waals surface area (Å²) in [6, 6.07) is 5.80. The first-order chi connectivity index (χ1) is 17.8. The Kier molecular flexibility index (Phi) is 6.38. The quantitative estimate of drug-likeness (QED) is 0.436. The van der Waals surface area contributed by atoms with Gasteiger partial charge in [0, 0.05) is 55.6 Å². The maximum Gasteiger partial charge on any atom is 0.303 e. The van der Waals surface area contributed by atoms with Crippen LogP contribution in [-0.4, -0.2) is 79.5 Å². The van der Waals surface area contributed by atoms with E-state index in [0.717, 1.165) is 30.9 Å². The third-order valence-electron chi connectivity index (χ3n) is 9.48. The van der Waals surface area contributed by atoms with Gasteiger partial charge in [-0.1, -0.05) is 45.9 Å². The van der Waals surface area contributed by atoms with Crippen molar-refractivity contribution >= 4 is 17.6 Å². The molecule has 8 nitrogen and oxygen atoms in total. The first kappa shape index (κ1) is 27.0. The zero-order valence-corrected chi connectivity index (χ0v) is 23.8. The number of nitrogens with zero attached hydrogens (tertiary/aromatic N) is 2. The van der Waals surface area contributed by atoms with Crippen LogP contribution in [0.25, 0.3) is 0 Å². The van der Waals surface area contributed by atoms with E-state index in [0.29, 0.717) is 12.8 Å². The topological polar surface area (TPSA) is 91.3 Å². The average molecular weight is 526 g/mol. The smallest absolute Gasteiger partial charge is 0.303 e. The molecule has 1 aromatic rings. The molecule has 0 radical (unpaired) electrons. The van der Waals surface area contributed by atoms with Crippen molar-refractivity contribution < 1.29 is 24.2 Å². The van der Waals surface area contributed by atoms with Gasteiger partial charge < -0.3 is 24.8 Å². The molecule has 3 aliphatic heterocycles. The van der Waals surface area contributed by atoms with Gasteiger partial charge in [-0.05, 0) is 36.4 Å². The first-order valence-corrected chi connectivity index (χ1v) is 13.8. The summed E-state index contributed by atoms with van der Waals surface area (Å²) in [6.07, 6.45) is 5.38. The summed E-state index contributed by atoms with van der Waals surface area (Å²) in [5.74, 6) is 0.198. The van der Waals surface area contributed by atoms with Crippen LogP contribution in [-0.2, 0) is 19.7 Å². The van der Waals surface area contributed by atoms with Crippen LogP contribution in [0.2, 0.25) is 0 Å². The van der Waals surface area contributed by atoms with Crippen LogP contribution in [0.3, 0.4) is 0 Å². The summed E-state index contributed by atoms with van der Waals surface area (Å²) in [7, 11) is 3.66. The molecule has 38 heavy (non-hydrogen) atoms. The molecular weight excluding hydrogens is 482 g/mol. The number of aliphatic hydroxyl groups is 1. The number of esters is 1. The molecule has 2 fully saturated rings. The van der Waals surface area contributed by atoms with Crippen LogP contribution in [0.4, 0.5) is 5.69 Å². The standard InChI is InChI=1S/C30H43N3O5/c1-8-28-12-9-14-33-15-13-29(24(28)33)21-11-10-20(37-7)16-22(21)32(6)25(29)30(36,26(28)38-19(2)34)18-31-23(35)17-27(3,4)5/h9-12,16,24-26,36H,8,13-15,17-18H2,1-7H3,(H,31,35)/t24-,25+,26+,28+,29+,30?/m0/s1. The normalized spacial score (nSPS) is 35.4. The van der Waals surface area contributed by atoms with E-state index in [1.165, 1.54) is 12.5 Å². The molecule has 208 valence electrons. The van der Waals surface area contributed by atoms with Gasteiger partial charge in [0.15, 0.2) is 0 Å². The minimum absolute atomic E-state index is 0.00987. The number of nitrogens with one attached hydrogen (secondary N) is 1. The van der Waals surface area contributed by atoms with Gasteiger partial charge >= 0.3 is 5.97 Å². The van der Waals surface area contributed by atoms with E-state index in [1.807, 2.05) is 40.0 Å². The second-order valence-electron chi connectivity index (χ2n) is 12.9. The van der Waals surface area contributed by atoms with Gasteiger partial charge in [0.25, 0.3) is 0 Å². The van der Waals surface area contributed by atoms with Crippen molar-refractivity contribution in [3.8, 4) is 5.75 Å². The molecule has 1 amide bonds. The van der Waals surface area contributed by atoms with Crippen LogP contribution in [0.5, 0.6) is 5.75 Å². The Balaban J connectivity index is 1.72. The Morgan fingerprint density at radius 1 is 1.24 bits per heavy atom. The summed E-state index contributed by atoms with van der Waals surface area (Å²) in [4.78, 5) is 30.3. The molecule has 6 atom stereocenters. The van der Waals surface area contributed by atoms with Crippen molar-refractivity contribution in [2.45, 2.75) is 83.1 Å². The fourth-order valence-corrected chi connectivity index (χ4v) is 8.43. The van der Waals surface area contributed by atoms with Crippen LogP contribution >= 0.6 is 0 Å². The zero-order chi connectivity index (χ0) is 27.7. The summed E-state index contributed by atoms with van der Waals surface area (Å²) < 4.78 is 11.7. The predicted octanol–water partition coefficient (Wildman–Crippen LogP) is 3.02. The predicted molar refractivity (Wildman–Crippen MR) is 146 cm³/mol. The van der Waals surface area contributed by atoms with Crippen molar-refractivity contribution in [3.63, 3.8) is 0 Å². The van der Waals surface area contributed by atoms with Gasteiger partial charge in [-0.15, -0.1) is 0 Å². The lowest BCUT2D eigenvalue weighted by Crippen LogP contribution is -2.81. The molecule has 3 heterocycles. The van der Waals surface area contributed by atoms with Crippen molar-refractivity contribution in [2.75, 3.05) is 38.7 Å². The van der Waals surface area contributed by atoms with Crippen molar-refractivity contribution in [1.82, 2.24) is 10.2 Å². The van der Waals surface area contributed by atoms with Gasteiger partial charge in [0.2, 0.25) is 5.91 Å². The Morgan fingerprint density at radius 3 is 2.61 bits per heavy atom. The number of amides is 1. The van der Waals surface area contributed by atoms with E-state index in [2.05, 4.69) is 40.3 Å². The molecule has 1 aliphatic carbocycles. The van der Waals surface area contributed by atoms with E-state index in [1.54, 1.807) is 7.11 Å². The number of methoxy groups -OCH3 is 1. The molecule has 1 saturated carbocycles. The molecule has 1 aromatic carbocycles. The minimum Gasteiger partial charge on any atom is -0.497 e. The maximum atomic E-state index is 13.1. The van der Waals surface area contributed by atoms with E-state index >= 15 is 0 Å². The number of carbonyl (C=O) groups is 2. The molecule has 4 aliphatic rings. The largest absolute Gasteiger partial charge is 0.497 e. The monoisotopic (exact) mass is 525 g/mol. The molecule has 8 heteroatoms. The summed E-state index contributed by atoms with van der Waals surface area (Å²) in [5, 5.41) is 16.1. The third kappa shape index (κ3) is 3.70. The summed E-state index contributed by atoms with van der Waals surface area (Å²) >= 11 is 0.